The van der Waals surface area contributed by atoms with E-state index in [1.54, 1.807) is 22.7 Å². The minimum absolute atomic E-state index is 0.172. The Morgan fingerprint density at radius 1 is 1.19 bits per heavy atom. The lowest BCUT2D eigenvalue weighted by Crippen LogP contribution is -2.33. The van der Waals surface area contributed by atoms with Crippen LogP contribution in [0.4, 0.5) is 0 Å². The lowest BCUT2D eigenvalue weighted by molar-refractivity contribution is -0.0169. The van der Waals surface area contributed by atoms with Crippen molar-refractivity contribution in [3.63, 3.8) is 0 Å². The summed E-state index contributed by atoms with van der Waals surface area (Å²) in [7, 11) is 0. The van der Waals surface area contributed by atoms with E-state index in [1.165, 1.54) is 20.9 Å². The Morgan fingerprint density at radius 2 is 2.08 bits per heavy atom. The van der Waals surface area contributed by atoms with Gasteiger partial charge in [-0.1, -0.05) is 15.9 Å². The predicted octanol–water partition coefficient (Wildman–Crippen LogP) is 6.89. The smallest absolute Gasteiger partial charge is 0.223 e. The molecule has 0 N–H and O–H groups in total. The van der Waals surface area contributed by atoms with Gasteiger partial charge in [0.05, 0.1) is 25.3 Å². The number of aryl methyl sites for hydroxylation is 1. The van der Waals surface area contributed by atoms with Crippen molar-refractivity contribution in [2.45, 2.75) is 25.6 Å². The van der Waals surface area contributed by atoms with Gasteiger partial charge in [-0.25, -0.2) is 5.01 Å². The van der Waals surface area contributed by atoms with Gasteiger partial charge in [0.25, 0.3) is 0 Å². The molecule has 2 aromatic heterocycles. The third-order valence-electron chi connectivity index (χ3n) is 4.74. The van der Waals surface area contributed by atoms with Gasteiger partial charge in [0, 0.05) is 16.5 Å². The minimum atomic E-state index is -0.172. The lowest BCUT2D eigenvalue weighted by Gasteiger charge is -2.38. The molecule has 0 unspecified atom stereocenters. The highest BCUT2D eigenvalue weighted by atomic mass is 79.9. The molecule has 7 heteroatoms. The van der Waals surface area contributed by atoms with Crippen LogP contribution in [0.5, 0.6) is 5.75 Å². The largest absolute Gasteiger partial charge is 0.464 e. The Hall–Kier alpha value is -1.15. The number of ether oxygens (including phenoxy) is 1. The monoisotopic (exact) mass is 508 g/mol. The molecule has 0 bridgehead atoms. The van der Waals surface area contributed by atoms with Crippen molar-refractivity contribution in [2.75, 3.05) is 0 Å². The fourth-order valence-corrected chi connectivity index (χ4v) is 6.19. The maximum Gasteiger partial charge on any atom is 0.223 e. The van der Waals surface area contributed by atoms with E-state index in [1.807, 2.05) is 6.07 Å². The molecule has 4 heterocycles. The zero-order chi connectivity index (χ0) is 17.8. The van der Waals surface area contributed by atoms with Gasteiger partial charge in [-0.2, -0.15) is 5.10 Å². The number of benzene rings is 1. The fraction of sp³-hybridized carbons (Fsp3) is 0.211. The Bertz CT molecular complexity index is 1030. The summed E-state index contributed by atoms with van der Waals surface area (Å²) in [6, 6.07) is 12.8. The van der Waals surface area contributed by atoms with Crippen LogP contribution in [-0.4, -0.2) is 10.7 Å². The Balaban J connectivity index is 1.62. The van der Waals surface area contributed by atoms with Gasteiger partial charge in [0.2, 0.25) is 6.23 Å². The van der Waals surface area contributed by atoms with Crippen molar-refractivity contribution in [2.24, 2.45) is 5.10 Å². The molecule has 3 nitrogen and oxygen atoms in total. The minimum Gasteiger partial charge on any atom is -0.464 e. The summed E-state index contributed by atoms with van der Waals surface area (Å²) in [5.41, 5.74) is 3.57. The highest BCUT2D eigenvalue weighted by molar-refractivity contribution is 9.11. The van der Waals surface area contributed by atoms with Crippen LogP contribution in [0, 0.1) is 6.92 Å². The van der Waals surface area contributed by atoms with E-state index < -0.39 is 0 Å². The van der Waals surface area contributed by atoms with Gasteiger partial charge in [-0.05, 0) is 70.2 Å². The summed E-state index contributed by atoms with van der Waals surface area (Å²) in [4.78, 5) is 2.44. The molecular weight excluding hydrogens is 496 g/mol. The number of nitrogens with zero attached hydrogens (tertiary/aromatic N) is 2. The lowest BCUT2D eigenvalue weighted by atomic mass is 9.98. The van der Waals surface area contributed by atoms with Gasteiger partial charge < -0.3 is 4.74 Å². The Kier molecular flexibility index (Phi) is 4.23. The first-order valence-corrected chi connectivity index (χ1v) is 11.5. The normalized spacial score (nSPS) is 21.2. The molecular formula is C19H14Br2N2OS2. The summed E-state index contributed by atoms with van der Waals surface area (Å²) in [5, 5.41) is 9.28. The van der Waals surface area contributed by atoms with Gasteiger partial charge in [0.1, 0.15) is 5.75 Å². The molecule has 0 amide bonds. The van der Waals surface area contributed by atoms with Crippen molar-refractivity contribution < 1.29 is 4.74 Å². The van der Waals surface area contributed by atoms with E-state index in [0.717, 1.165) is 26.1 Å². The number of hydrogen-bond acceptors (Lipinski definition) is 5. The van der Waals surface area contributed by atoms with Gasteiger partial charge in [-0.3, -0.25) is 0 Å². The molecule has 1 aromatic carbocycles. The van der Waals surface area contributed by atoms with E-state index in [9.17, 15) is 0 Å². The quantitative estimate of drug-likeness (QED) is 0.376. The van der Waals surface area contributed by atoms with Crippen LogP contribution < -0.4 is 4.74 Å². The van der Waals surface area contributed by atoms with E-state index in [2.05, 4.69) is 79.5 Å². The van der Waals surface area contributed by atoms with Crippen LogP contribution >= 0.6 is 54.5 Å². The molecule has 5 rings (SSSR count). The molecule has 2 aliphatic heterocycles. The van der Waals surface area contributed by atoms with E-state index in [0.29, 0.717) is 0 Å². The fourth-order valence-electron chi connectivity index (χ4n) is 3.49. The maximum atomic E-state index is 6.42. The number of thiophene rings is 2. The zero-order valence-corrected chi connectivity index (χ0v) is 18.6. The summed E-state index contributed by atoms with van der Waals surface area (Å²) in [6.45, 7) is 2.14. The molecule has 2 atom stereocenters. The molecule has 0 radical (unpaired) electrons. The maximum absolute atomic E-state index is 6.42. The van der Waals surface area contributed by atoms with Crippen LogP contribution in [0.1, 0.15) is 39.6 Å². The first kappa shape index (κ1) is 17.0. The SMILES string of the molecule is Cc1ccsc1[C@H]1Oc2ccc(Br)cc2[C@@H]2CC(c3ccc(Br)s3)=NN12. The summed E-state index contributed by atoms with van der Waals surface area (Å²) in [6.07, 6.45) is 0.718. The summed E-state index contributed by atoms with van der Waals surface area (Å²) >= 11 is 10.6. The molecule has 0 fully saturated rings. The highest BCUT2D eigenvalue weighted by Crippen LogP contribution is 2.49. The Labute approximate surface area is 176 Å². The average Bonchev–Trinajstić information content (AvgIpc) is 3.33. The number of rotatable bonds is 2. The second-order valence-corrected chi connectivity index (χ2v) is 10.7. The average molecular weight is 510 g/mol. The van der Waals surface area contributed by atoms with Gasteiger partial charge in [-0.15, -0.1) is 22.7 Å². The standard InChI is InChI=1S/C19H14Br2N2OS2/c1-10-6-7-25-18(10)19-23-14(12-8-11(20)2-3-15(12)24-19)9-13(22-23)16-4-5-17(21)26-16/h2-8,14,19H,9H2,1H3/t14-,19+/m0/s1. The molecule has 26 heavy (non-hydrogen) atoms. The van der Waals surface area contributed by atoms with Crippen molar-refractivity contribution in [1.82, 2.24) is 5.01 Å². The zero-order valence-electron chi connectivity index (χ0n) is 13.8. The van der Waals surface area contributed by atoms with Crippen LogP contribution in [0.2, 0.25) is 0 Å². The molecule has 0 saturated carbocycles. The number of fused-ring (bicyclic) bond motifs is 3. The third-order valence-corrected chi connectivity index (χ3v) is 7.95. The Morgan fingerprint density at radius 3 is 2.81 bits per heavy atom. The van der Waals surface area contributed by atoms with Crippen molar-refractivity contribution in [1.29, 1.82) is 0 Å². The summed E-state index contributed by atoms with van der Waals surface area (Å²) < 4.78 is 8.62. The van der Waals surface area contributed by atoms with Crippen LogP contribution in [0.25, 0.3) is 0 Å². The summed E-state index contributed by atoms with van der Waals surface area (Å²) in [5.74, 6) is 0.955. The van der Waals surface area contributed by atoms with Crippen molar-refractivity contribution in [3.8, 4) is 5.75 Å². The third kappa shape index (κ3) is 2.76. The van der Waals surface area contributed by atoms with E-state index in [4.69, 9.17) is 9.84 Å². The van der Waals surface area contributed by atoms with E-state index >= 15 is 0 Å². The molecule has 132 valence electrons. The van der Waals surface area contributed by atoms with Gasteiger partial charge in [0.15, 0.2) is 0 Å². The van der Waals surface area contributed by atoms with E-state index in [-0.39, 0.29) is 12.3 Å². The molecule has 3 aromatic rings. The molecule has 0 aliphatic carbocycles. The molecule has 2 aliphatic rings. The molecule has 0 saturated heterocycles. The van der Waals surface area contributed by atoms with Crippen LogP contribution in [0.3, 0.4) is 0 Å². The second kappa shape index (κ2) is 6.48. The highest BCUT2D eigenvalue weighted by Gasteiger charge is 2.42. The number of halogens is 2. The van der Waals surface area contributed by atoms with Crippen molar-refractivity contribution >= 4 is 60.2 Å². The van der Waals surface area contributed by atoms with Crippen LogP contribution in [0.15, 0.2) is 55.1 Å². The predicted molar refractivity (Wildman–Crippen MR) is 114 cm³/mol. The van der Waals surface area contributed by atoms with Crippen molar-refractivity contribution in [3.05, 3.63) is 70.9 Å². The van der Waals surface area contributed by atoms with Crippen LogP contribution in [-0.2, 0) is 0 Å². The van der Waals surface area contributed by atoms with Gasteiger partial charge >= 0.3 is 0 Å². The number of hydrogen-bond donors (Lipinski definition) is 0. The second-order valence-electron chi connectivity index (χ2n) is 6.37. The number of hydrazone groups is 1. The molecule has 0 spiro atoms. The first-order chi connectivity index (χ1) is 12.6. The topological polar surface area (TPSA) is 24.8 Å². The first-order valence-electron chi connectivity index (χ1n) is 8.22.